The third-order valence-electron chi connectivity index (χ3n) is 3.81. The molecule has 0 aliphatic carbocycles. The molecule has 19 heavy (non-hydrogen) atoms. The summed E-state index contributed by atoms with van der Waals surface area (Å²) in [6, 6.07) is 10.4. The smallest absolute Gasteiger partial charge is 0.105 e. The molecule has 1 aromatic heterocycles. The lowest BCUT2D eigenvalue weighted by Gasteiger charge is -2.15. The van der Waals surface area contributed by atoms with Gasteiger partial charge in [-0.3, -0.25) is 0 Å². The molecule has 0 bridgehead atoms. The van der Waals surface area contributed by atoms with Crippen LogP contribution in [-0.2, 0) is 19.0 Å². The Morgan fingerprint density at radius 1 is 1.16 bits per heavy atom. The summed E-state index contributed by atoms with van der Waals surface area (Å²) in [5.74, 6) is 0.885. The highest BCUT2D eigenvalue weighted by Crippen LogP contribution is 2.45. The molecule has 0 unspecified atom stereocenters. The van der Waals surface area contributed by atoms with Gasteiger partial charge >= 0.3 is 0 Å². The molecule has 4 heteroatoms. The average molecular weight is 275 g/mol. The molecule has 2 N–H and O–H groups in total. The summed E-state index contributed by atoms with van der Waals surface area (Å²) in [5, 5.41) is 19.3. The van der Waals surface area contributed by atoms with E-state index in [0.29, 0.717) is 0 Å². The molecule has 1 aromatic carbocycles. The van der Waals surface area contributed by atoms with Gasteiger partial charge in [0.2, 0.25) is 0 Å². The van der Waals surface area contributed by atoms with E-state index in [4.69, 9.17) is 0 Å². The van der Waals surface area contributed by atoms with Crippen molar-refractivity contribution in [3.8, 4) is 0 Å². The predicted molar refractivity (Wildman–Crippen MR) is 76.9 cm³/mol. The van der Waals surface area contributed by atoms with Crippen molar-refractivity contribution >= 4 is 11.8 Å². The fraction of sp³-hybridized carbons (Fsp3) is 0.333. The normalized spacial score (nSPS) is 17.7. The van der Waals surface area contributed by atoms with Gasteiger partial charge in [0.1, 0.15) is 5.37 Å². The van der Waals surface area contributed by atoms with Gasteiger partial charge in [0.15, 0.2) is 0 Å². The van der Waals surface area contributed by atoms with Gasteiger partial charge in [0.05, 0.1) is 13.2 Å². The zero-order valence-corrected chi connectivity index (χ0v) is 11.7. The van der Waals surface area contributed by atoms with Crippen LogP contribution in [0.3, 0.4) is 0 Å². The zero-order chi connectivity index (χ0) is 13.4. The summed E-state index contributed by atoms with van der Waals surface area (Å²) in [4.78, 5) is 0. The van der Waals surface area contributed by atoms with E-state index in [1.54, 1.807) is 0 Å². The molecule has 2 aromatic rings. The van der Waals surface area contributed by atoms with Gasteiger partial charge in [0, 0.05) is 28.3 Å². The summed E-state index contributed by atoms with van der Waals surface area (Å²) in [6.45, 7) is 2.02. The first-order valence-corrected chi connectivity index (χ1v) is 7.42. The van der Waals surface area contributed by atoms with Crippen molar-refractivity contribution in [2.45, 2.75) is 31.3 Å². The van der Waals surface area contributed by atoms with Gasteiger partial charge in [0.25, 0.3) is 0 Å². The van der Waals surface area contributed by atoms with Crippen LogP contribution < -0.4 is 0 Å². The van der Waals surface area contributed by atoms with Gasteiger partial charge in [-0.15, -0.1) is 11.8 Å². The number of thioether (sulfide) groups is 1. The van der Waals surface area contributed by atoms with Gasteiger partial charge < -0.3 is 14.8 Å². The summed E-state index contributed by atoms with van der Waals surface area (Å²) in [6.07, 6.45) is 0. The first kappa shape index (κ1) is 12.8. The van der Waals surface area contributed by atoms with E-state index >= 15 is 0 Å². The second kappa shape index (κ2) is 5.04. The number of benzene rings is 1. The van der Waals surface area contributed by atoms with Crippen LogP contribution in [-0.4, -0.2) is 14.8 Å². The quantitative estimate of drug-likeness (QED) is 0.905. The average Bonchev–Trinajstić information content (AvgIpc) is 2.99. The molecule has 1 atom stereocenters. The van der Waals surface area contributed by atoms with Crippen LogP contribution in [0.4, 0.5) is 0 Å². The highest BCUT2D eigenvalue weighted by molar-refractivity contribution is 7.99. The van der Waals surface area contributed by atoms with E-state index < -0.39 is 0 Å². The fourth-order valence-electron chi connectivity index (χ4n) is 2.85. The second-order valence-corrected chi connectivity index (χ2v) is 5.82. The Labute approximate surface area is 116 Å². The van der Waals surface area contributed by atoms with Crippen molar-refractivity contribution in [3.63, 3.8) is 0 Å². The molecule has 3 rings (SSSR count). The Bertz CT molecular complexity index is 592. The third-order valence-corrected chi connectivity index (χ3v) is 5.05. The molecular formula is C15H17NO2S. The van der Waals surface area contributed by atoms with Crippen LogP contribution in [0.25, 0.3) is 0 Å². The maximum atomic E-state index is 9.55. The van der Waals surface area contributed by atoms with Crippen molar-refractivity contribution in [1.29, 1.82) is 0 Å². The molecule has 100 valence electrons. The third kappa shape index (κ3) is 1.91. The monoisotopic (exact) mass is 275 g/mol. The van der Waals surface area contributed by atoms with Crippen LogP contribution in [0.5, 0.6) is 0 Å². The molecule has 2 heterocycles. The molecule has 0 amide bonds. The van der Waals surface area contributed by atoms with Crippen LogP contribution in [0.1, 0.15) is 33.5 Å². The van der Waals surface area contributed by atoms with Crippen LogP contribution in [0.15, 0.2) is 30.3 Å². The number of aliphatic hydroxyl groups excluding tert-OH is 2. The minimum Gasteiger partial charge on any atom is -0.392 e. The van der Waals surface area contributed by atoms with Crippen LogP contribution >= 0.6 is 11.8 Å². The van der Waals surface area contributed by atoms with Gasteiger partial charge in [-0.1, -0.05) is 30.3 Å². The molecule has 1 aliphatic rings. The first-order valence-electron chi connectivity index (χ1n) is 6.37. The molecule has 3 nitrogen and oxygen atoms in total. The topological polar surface area (TPSA) is 45.4 Å². The first-order chi connectivity index (χ1) is 9.27. The molecular weight excluding hydrogens is 258 g/mol. The SMILES string of the molecule is Cc1c(CO)c(CO)c2n1[C@H](c1ccccc1)SC2. The highest BCUT2D eigenvalue weighted by Gasteiger charge is 2.30. The van der Waals surface area contributed by atoms with Gasteiger partial charge in [-0.2, -0.15) is 0 Å². The minimum absolute atomic E-state index is 0.00113. The van der Waals surface area contributed by atoms with E-state index in [9.17, 15) is 10.2 Å². The summed E-state index contributed by atoms with van der Waals surface area (Å²) in [5.41, 5.74) is 5.28. The number of nitrogens with zero attached hydrogens (tertiary/aromatic N) is 1. The van der Waals surface area contributed by atoms with Crippen LogP contribution in [0.2, 0.25) is 0 Å². The largest absolute Gasteiger partial charge is 0.392 e. The van der Waals surface area contributed by atoms with Gasteiger partial charge in [-0.25, -0.2) is 0 Å². The molecule has 0 radical (unpaired) electrons. The summed E-state index contributed by atoms with van der Waals surface area (Å²) >= 11 is 1.86. The van der Waals surface area contributed by atoms with E-state index in [1.165, 1.54) is 5.56 Å². The fourth-order valence-corrected chi connectivity index (χ4v) is 4.26. The van der Waals surface area contributed by atoms with E-state index in [2.05, 4.69) is 16.7 Å². The number of aliphatic hydroxyl groups is 2. The lowest BCUT2D eigenvalue weighted by atomic mass is 10.1. The van der Waals surface area contributed by atoms with Crippen molar-refractivity contribution in [2.24, 2.45) is 0 Å². The Kier molecular flexibility index (Phi) is 3.39. The van der Waals surface area contributed by atoms with E-state index in [-0.39, 0.29) is 18.6 Å². The van der Waals surface area contributed by atoms with Crippen molar-refractivity contribution in [3.05, 3.63) is 58.4 Å². The Morgan fingerprint density at radius 2 is 1.84 bits per heavy atom. The Hall–Kier alpha value is -1.23. The summed E-state index contributed by atoms with van der Waals surface area (Å²) < 4.78 is 2.26. The number of fused-ring (bicyclic) bond motifs is 1. The highest BCUT2D eigenvalue weighted by atomic mass is 32.2. The minimum atomic E-state index is -0.00605. The van der Waals surface area contributed by atoms with Crippen LogP contribution in [0, 0.1) is 6.92 Å². The molecule has 0 saturated heterocycles. The number of rotatable bonds is 3. The predicted octanol–water partition coefficient (Wildman–Crippen LogP) is 2.57. The maximum Gasteiger partial charge on any atom is 0.105 e. The van der Waals surface area contributed by atoms with Crippen molar-refractivity contribution in [2.75, 3.05) is 0 Å². The molecule has 0 fully saturated rings. The Morgan fingerprint density at radius 3 is 2.47 bits per heavy atom. The Balaban J connectivity index is 2.13. The van der Waals surface area contributed by atoms with Crippen molar-refractivity contribution < 1.29 is 10.2 Å². The number of hydrogen-bond acceptors (Lipinski definition) is 3. The molecule has 0 saturated carbocycles. The lowest BCUT2D eigenvalue weighted by Crippen LogP contribution is -2.05. The summed E-state index contributed by atoms with van der Waals surface area (Å²) in [7, 11) is 0. The molecule has 0 spiro atoms. The van der Waals surface area contributed by atoms with E-state index in [0.717, 1.165) is 28.3 Å². The standard InChI is InChI=1S/C15H17NO2S/c1-10-12(7-17)13(8-18)14-9-19-15(16(10)14)11-5-3-2-4-6-11/h2-6,15,17-18H,7-9H2,1H3/t15-/m0/s1. The van der Waals surface area contributed by atoms with E-state index in [1.807, 2.05) is 36.9 Å². The lowest BCUT2D eigenvalue weighted by molar-refractivity contribution is 0.260. The van der Waals surface area contributed by atoms with Crippen molar-refractivity contribution in [1.82, 2.24) is 4.57 Å². The maximum absolute atomic E-state index is 9.55. The number of aromatic nitrogens is 1. The van der Waals surface area contributed by atoms with Gasteiger partial charge in [-0.05, 0) is 12.5 Å². The second-order valence-electron chi connectivity index (χ2n) is 4.75. The molecule has 1 aliphatic heterocycles. The number of hydrogen-bond donors (Lipinski definition) is 2. The zero-order valence-electron chi connectivity index (χ0n) is 10.8.